The van der Waals surface area contributed by atoms with Gasteiger partial charge >= 0.3 is 0 Å². The molecule has 0 aliphatic heterocycles. The van der Waals surface area contributed by atoms with E-state index in [0.29, 0.717) is 24.4 Å². The Bertz CT molecular complexity index is 433. The molecule has 0 saturated carbocycles. The van der Waals surface area contributed by atoms with Gasteiger partial charge in [0.1, 0.15) is 0 Å². The summed E-state index contributed by atoms with van der Waals surface area (Å²) in [6, 6.07) is 10.3. The number of hydrogen-bond acceptors (Lipinski definition) is 2. The predicted molar refractivity (Wildman–Crippen MR) is 87.6 cm³/mol. The standard InChI is InChI=1S/C16H24N2OS/c1-3-13(2)18(12-11-15(17)20)16(19)10-9-14-7-5-4-6-8-14/h4-8,13H,3,9-12H2,1-2H3,(H2,17,20). The van der Waals surface area contributed by atoms with E-state index in [1.807, 2.05) is 23.1 Å². The van der Waals surface area contributed by atoms with Crippen LogP contribution in [0.4, 0.5) is 0 Å². The molecule has 0 fully saturated rings. The van der Waals surface area contributed by atoms with Gasteiger partial charge in [-0.1, -0.05) is 49.5 Å². The number of benzene rings is 1. The van der Waals surface area contributed by atoms with E-state index in [4.69, 9.17) is 18.0 Å². The first-order valence-corrected chi connectivity index (χ1v) is 7.57. The van der Waals surface area contributed by atoms with Gasteiger partial charge in [-0.15, -0.1) is 0 Å². The molecule has 110 valence electrons. The number of aryl methyl sites for hydroxylation is 1. The number of carbonyl (C=O) groups is 1. The molecule has 0 spiro atoms. The third-order valence-corrected chi connectivity index (χ3v) is 3.72. The maximum atomic E-state index is 12.4. The van der Waals surface area contributed by atoms with Crippen LogP contribution in [0.1, 0.15) is 38.7 Å². The molecule has 20 heavy (non-hydrogen) atoms. The number of amides is 1. The van der Waals surface area contributed by atoms with Crippen molar-refractivity contribution < 1.29 is 4.79 Å². The summed E-state index contributed by atoms with van der Waals surface area (Å²) in [5.41, 5.74) is 6.73. The van der Waals surface area contributed by atoms with Crippen molar-refractivity contribution in [1.82, 2.24) is 4.90 Å². The molecule has 0 aromatic heterocycles. The van der Waals surface area contributed by atoms with Crippen molar-refractivity contribution in [2.75, 3.05) is 6.54 Å². The highest BCUT2D eigenvalue weighted by molar-refractivity contribution is 7.80. The van der Waals surface area contributed by atoms with Gasteiger partial charge in [0.2, 0.25) is 5.91 Å². The minimum atomic E-state index is 0.180. The third-order valence-electron chi connectivity index (χ3n) is 3.51. The molecular weight excluding hydrogens is 268 g/mol. The van der Waals surface area contributed by atoms with Crippen LogP contribution in [0.15, 0.2) is 30.3 Å². The lowest BCUT2D eigenvalue weighted by Crippen LogP contribution is -2.40. The minimum absolute atomic E-state index is 0.180. The van der Waals surface area contributed by atoms with Crippen molar-refractivity contribution in [2.24, 2.45) is 5.73 Å². The molecule has 2 N–H and O–H groups in total. The van der Waals surface area contributed by atoms with E-state index in [2.05, 4.69) is 26.0 Å². The van der Waals surface area contributed by atoms with Crippen LogP contribution in [0.2, 0.25) is 0 Å². The maximum absolute atomic E-state index is 12.4. The van der Waals surface area contributed by atoms with Gasteiger partial charge in [0.15, 0.2) is 0 Å². The van der Waals surface area contributed by atoms with Crippen LogP contribution in [0.5, 0.6) is 0 Å². The lowest BCUT2D eigenvalue weighted by Gasteiger charge is -2.28. The summed E-state index contributed by atoms with van der Waals surface area (Å²) < 4.78 is 0. The van der Waals surface area contributed by atoms with Gasteiger partial charge in [0, 0.05) is 25.4 Å². The molecule has 1 aromatic rings. The molecule has 0 heterocycles. The minimum Gasteiger partial charge on any atom is -0.393 e. The molecule has 1 amide bonds. The molecule has 1 rings (SSSR count). The summed E-state index contributed by atoms with van der Waals surface area (Å²) in [4.78, 5) is 14.7. The van der Waals surface area contributed by atoms with Crippen LogP contribution in [-0.2, 0) is 11.2 Å². The lowest BCUT2D eigenvalue weighted by molar-refractivity contribution is -0.133. The molecule has 3 nitrogen and oxygen atoms in total. The molecule has 4 heteroatoms. The highest BCUT2D eigenvalue weighted by atomic mass is 32.1. The normalized spacial score (nSPS) is 11.9. The first-order chi connectivity index (χ1) is 9.54. The largest absolute Gasteiger partial charge is 0.393 e. The monoisotopic (exact) mass is 292 g/mol. The van der Waals surface area contributed by atoms with Crippen LogP contribution < -0.4 is 5.73 Å². The Morgan fingerprint density at radius 3 is 2.50 bits per heavy atom. The highest BCUT2D eigenvalue weighted by Gasteiger charge is 2.18. The molecule has 0 bridgehead atoms. The van der Waals surface area contributed by atoms with Crippen molar-refractivity contribution >= 4 is 23.1 Å². The fourth-order valence-corrected chi connectivity index (χ4v) is 2.17. The first-order valence-electron chi connectivity index (χ1n) is 7.16. The Labute approximate surface area is 127 Å². The van der Waals surface area contributed by atoms with E-state index in [9.17, 15) is 4.79 Å². The van der Waals surface area contributed by atoms with Gasteiger partial charge in [-0.05, 0) is 25.3 Å². The van der Waals surface area contributed by atoms with Crippen LogP contribution in [0.3, 0.4) is 0 Å². The van der Waals surface area contributed by atoms with Crippen molar-refractivity contribution in [1.29, 1.82) is 0 Å². The predicted octanol–water partition coefficient (Wildman–Crippen LogP) is 2.92. The van der Waals surface area contributed by atoms with Crippen molar-refractivity contribution in [3.8, 4) is 0 Å². The van der Waals surface area contributed by atoms with E-state index in [1.54, 1.807) is 0 Å². The zero-order valence-electron chi connectivity index (χ0n) is 12.3. The fourth-order valence-electron chi connectivity index (χ4n) is 2.08. The number of nitrogens with two attached hydrogens (primary N) is 1. The number of rotatable bonds is 8. The number of nitrogens with zero attached hydrogens (tertiary/aromatic N) is 1. The van der Waals surface area contributed by atoms with Gasteiger partial charge in [-0.3, -0.25) is 4.79 Å². The third kappa shape index (κ3) is 5.70. The number of carbonyl (C=O) groups excluding carboxylic acids is 1. The molecule has 1 unspecified atom stereocenters. The van der Waals surface area contributed by atoms with E-state index < -0.39 is 0 Å². The van der Waals surface area contributed by atoms with E-state index in [0.717, 1.165) is 12.8 Å². The molecule has 0 aliphatic carbocycles. The summed E-state index contributed by atoms with van der Waals surface area (Å²) in [6.45, 7) is 4.78. The Morgan fingerprint density at radius 2 is 1.95 bits per heavy atom. The maximum Gasteiger partial charge on any atom is 0.223 e. The molecule has 0 saturated heterocycles. The fraction of sp³-hybridized carbons (Fsp3) is 0.500. The molecule has 1 aromatic carbocycles. The van der Waals surface area contributed by atoms with Crippen LogP contribution in [0, 0.1) is 0 Å². The second kappa shape index (κ2) is 8.69. The summed E-state index contributed by atoms with van der Waals surface area (Å²) in [6.07, 6.45) is 2.84. The van der Waals surface area contributed by atoms with E-state index in [1.165, 1.54) is 5.56 Å². The topological polar surface area (TPSA) is 46.3 Å². The Balaban J connectivity index is 2.56. The summed E-state index contributed by atoms with van der Waals surface area (Å²) in [5, 5.41) is 0. The molecule has 0 radical (unpaired) electrons. The van der Waals surface area contributed by atoms with Crippen LogP contribution in [-0.4, -0.2) is 28.4 Å². The summed E-state index contributed by atoms with van der Waals surface area (Å²) >= 11 is 4.90. The molecular formula is C16H24N2OS. The van der Waals surface area contributed by atoms with Gasteiger partial charge in [0.05, 0.1) is 4.99 Å². The van der Waals surface area contributed by atoms with E-state index in [-0.39, 0.29) is 11.9 Å². The average Bonchev–Trinajstić information content (AvgIpc) is 2.45. The Morgan fingerprint density at radius 1 is 1.30 bits per heavy atom. The molecule has 1 atom stereocenters. The van der Waals surface area contributed by atoms with Crippen molar-refractivity contribution in [3.05, 3.63) is 35.9 Å². The van der Waals surface area contributed by atoms with Crippen molar-refractivity contribution in [2.45, 2.75) is 45.6 Å². The van der Waals surface area contributed by atoms with Gasteiger partial charge in [0.25, 0.3) is 0 Å². The zero-order chi connectivity index (χ0) is 15.0. The first kappa shape index (κ1) is 16.6. The Kier molecular flexibility index (Phi) is 7.23. The number of thiocarbonyl (C=S) groups is 1. The van der Waals surface area contributed by atoms with Crippen LogP contribution >= 0.6 is 12.2 Å². The number of hydrogen-bond donors (Lipinski definition) is 1. The van der Waals surface area contributed by atoms with E-state index >= 15 is 0 Å². The van der Waals surface area contributed by atoms with Gasteiger partial charge < -0.3 is 10.6 Å². The van der Waals surface area contributed by atoms with Crippen LogP contribution in [0.25, 0.3) is 0 Å². The lowest BCUT2D eigenvalue weighted by atomic mass is 10.1. The smallest absolute Gasteiger partial charge is 0.223 e. The average molecular weight is 292 g/mol. The molecule has 0 aliphatic rings. The summed E-state index contributed by atoms with van der Waals surface area (Å²) in [7, 11) is 0. The highest BCUT2D eigenvalue weighted by Crippen LogP contribution is 2.10. The second-order valence-electron chi connectivity index (χ2n) is 5.05. The SMILES string of the molecule is CCC(C)N(CCC(N)=S)C(=O)CCc1ccccc1. The zero-order valence-corrected chi connectivity index (χ0v) is 13.2. The Hall–Kier alpha value is -1.42. The summed E-state index contributed by atoms with van der Waals surface area (Å²) in [5.74, 6) is 0.180. The van der Waals surface area contributed by atoms with Crippen molar-refractivity contribution in [3.63, 3.8) is 0 Å². The van der Waals surface area contributed by atoms with Gasteiger partial charge in [-0.25, -0.2) is 0 Å². The second-order valence-corrected chi connectivity index (χ2v) is 5.57. The van der Waals surface area contributed by atoms with Gasteiger partial charge in [-0.2, -0.15) is 0 Å². The quantitative estimate of drug-likeness (QED) is 0.749.